The first-order valence-corrected chi connectivity index (χ1v) is 7.26. The Labute approximate surface area is 119 Å². The molecule has 0 amide bonds. The molecule has 0 aliphatic rings. The van der Waals surface area contributed by atoms with Crippen LogP contribution in [0.5, 0.6) is 0 Å². The van der Waals surface area contributed by atoms with Crippen LogP contribution in [0.3, 0.4) is 0 Å². The lowest BCUT2D eigenvalue weighted by atomic mass is 9.81. The van der Waals surface area contributed by atoms with E-state index < -0.39 is 6.10 Å². The second kappa shape index (κ2) is 6.69. The van der Waals surface area contributed by atoms with Gasteiger partial charge in [-0.3, -0.25) is 0 Å². The van der Waals surface area contributed by atoms with E-state index in [1.54, 1.807) is 0 Å². The summed E-state index contributed by atoms with van der Waals surface area (Å²) in [4.78, 5) is 0. The Balaban J connectivity index is 2.45. The molecule has 0 bridgehead atoms. The van der Waals surface area contributed by atoms with Crippen LogP contribution in [-0.4, -0.2) is 18.2 Å². The van der Waals surface area contributed by atoms with Crippen molar-refractivity contribution in [2.75, 3.05) is 13.1 Å². The maximum Gasteiger partial charge on any atom is 0.0914 e. The summed E-state index contributed by atoms with van der Waals surface area (Å²) in [5.41, 5.74) is 1.19. The smallest absolute Gasteiger partial charge is 0.0914 e. The van der Waals surface area contributed by atoms with Gasteiger partial charge in [-0.05, 0) is 29.0 Å². The van der Waals surface area contributed by atoms with Crippen LogP contribution in [0.2, 0.25) is 0 Å². The van der Waals surface area contributed by atoms with Gasteiger partial charge < -0.3 is 10.4 Å². The molecular weight excluding hydrogens is 290 g/mol. The van der Waals surface area contributed by atoms with Crippen LogP contribution in [0, 0.1) is 11.3 Å². The first kappa shape index (κ1) is 15.7. The lowest BCUT2D eigenvalue weighted by Crippen LogP contribution is -2.35. The normalized spacial score (nSPS) is 13.9. The fraction of sp³-hybridized carbons (Fsp3) is 0.600. The van der Waals surface area contributed by atoms with Crippen molar-refractivity contribution in [2.24, 2.45) is 11.3 Å². The fourth-order valence-corrected chi connectivity index (χ4v) is 1.98. The number of benzene rings is 1. The molecule has 1 atom stereocenters. The zero-order chi connectivity index (χ0) is 13.8. The van der Waals surface area contributed by atoms with Gasteiger partial charge in [0, 0.05) is 17.6 Å². The molecule has 1 aromatic rings. The Hall–Kier alpha value is -0.380. The SMILES string of the molecule is CC(C)C(C)(C)CNCC(O)c1cccc(Br)c1. The average molecular weight is 314 g/mol. The number of halogens is 1. The quantitative estimate of drug-likeness (QED) is 0.838. The minimum Gasteiger partial charge on any atom is -0.387 e. The fourth-order valence-electron chi connectivity index (χ4n) is 1.57. The molecular formula is C15H24BrNO. The molecule has 0 radical (unpaired) electrons. The van der Waals surface area contributed by atoms with Crippen molar-refractivity contribution in [1.29, 1.82) is 0 Å². The van der Waals surface area contributed by atoms with Crippen LogP contribution < -0.4 is 5.32 Å². The minimum atomic E-state index is -0.453. The predicted octanol–water partition coefficient (Wildman–Crippen LogP) is 3.75. The molecule has 1 unspecified atom stereocenters. The first-order chi connectivity index (χ1) is 8.33. The molecule has 0 spiro atoms. The Morgan fingerprint density at radius 1 is 1.33 bits per heavy atom. The van der Waals surface area contributed by atoms with Gasteiger partial charge in [-0.1, -0.05) is 55.8 Å². The molecule has 0 aromatic heterocycles. The molecule has 3 heteroatoms. The molecule has 1 aromatic carbocycles. The molecule has 18 heavy (non-hydrogen) atoms. The van der Waals surface area contributed by atoms with Crippen LogP contribution in [-0.2, 0) is 0 Å². The van der Waals surface area contributed by atoms with Crippen LogP contribution in [0.1, 0.15) is 39.4 Å². The molecule has 102 valence electrons. The number of hydrogen-bond acceptors (Lipinski definition) is 2. The largest absolute Gasteiger partial charge is 0.387 e. The van der Waals surface area contributed by atoms with Crippen LogP contribution in [0.4, 0.5) is 0 Å². The van der Waals surface area contributed by atoms with E-state index >= 15 is 0 Å². The highest BCUT2D eigenvalue weighted by Gasteiger charge is 2.22. The van der Waals surface area contributed by atoms with Gasteiger partial charge in [-0.2, -0.15) is 0 Å². The van der Waals surface area contributed by atoms with E-state index in [-0.39, 0.29) is 5.41 Å². The summed E-state index contributed by atoms with van der Waals surface area (Å²) in [6, 6.07) is 7.82. The molecule has 2 N–H and O–H groups in total. The van der Waals surface area contributed by atoms with Crippen LogP contribution in [0.25, 0.3) is 0 Å². The monoisotopic (exact) mass is 313 g/mol. The molecule has 0 saturated heterocycles. The predicted molar refractivity (Wildman–Crippen MR) is 80.6 cm³/mol. The van der Waals surface area contributed by atoms with Crippen molar-refractivity contribution < 1.29 is 5.11 Å². The standard InChI is InChI=1S/C15H24BrNO/c1-11(2)15(3,4)10-17-9-14(18)12-6-5-7-13(16)8-12/h5-8,11,14,17-18H,9-10H2,1-4H3. The van der Waals surface area contributed by atoms with E-state index in [0.29, 0.717) is 12.5 Å². The lowest BCUT2D eigenvalue weighted by Gasteiger charge is -2.30. The summed E-state index contributed by atoms with van der Waals surface area (Å²) in [7, 11) is 0. The van der Waals surface area contributed by atoms with E-state index in [9.17, 15) is 5.11 Å². The summed E-state index contributed by atoms with van der Waals surface area (Å²) >= 11 is 3.42. The maximum absolute atomic E-state index is 10.1. The van der Waals surface area contributed by atoms with Gasteiger partial charge in [0.25, 0.3) is 0 Å². The summed E-state index contributed by atoms with van der Waals surface area (Å²) in [6.45, 7) is 10.5. The van der Waals surface area contributed by atoms with Gasteiger partial charge in [0.1, 0.15) is 0 Å². The molecule has 0 aliphatic carbocycles. The molecule has 0 aliphatic heterocycles. The second-order valence-corrected chi connectivity index (χ2v) is 6.76. The van der Waals surface area contributed by atoms with Crippen molar-refractivity contribution in [3.8, 4) is 0 Å². The molecule has 1 rings (SSSR count). The van der Waals surface area contributed by atoms with E-state index in [4.69, 9.17) is 0 Å². The molecule has 0 saturated carbocycles. The Morgan fingerprint density at radius 2 is 2.00 bits per heavy atom. The summed E-state index contributed by atoms with van der Waals surface area (Å²) in [5.74, 6) is 0.619. The maximum atomic E-state index is 10.1. The minimum absolute atomic E-state index is 0.247. The summed E-state index contributed by atoms with van der Waals surface area (Å²) < 4.78 is 1.00. The van der Waals surface area contributed by atoms with Gasteiger partial charge in [0.05, 0.1) is 6.10 Å². The first-order valence-electron chi connectivity index (χ1n) is 6.47. The zero-order valence-electron chi connectivity index (χ0n) is 11.7. The van der Waals surface area contributed by atoms with Gasteiger partial charge >= 0.3 is 0 Å². The average Bonchev–Trinajstić information content (AvgIpc) is 2.28. The third-order valence-electron chi connectivity index (χ3n) is 3.71. The van der Waals surface area contributed by atoms with Gasteiger partial charge in [-0.25, -0.2) is 0 Å². The Morgan fingerprint density at radius 3 is 2.56 bits per heavy atom. The van der Waals surface area contributed by atoms with Crippen molar-refractivity contribution in [1.82, 2.24) is 5.32 Å². The number of rotatable bonds is 6. The number of aliphatic hydroxyl groups is 1. The highest BCUT2D eigenvalue weighted by molar-refractivity contribution is 9.10. The van der Waals surface area contributed by atoms with Gasteiger partial charge in [0.15, 0.2) is 0 Å². The third kappa shape index (κ3) is 4.71. The second-order valence-electron chi connectivity index (χ2n) is 5.84. The summed E-state index contributed by atoms with van der Waals surface area (Å²) in [6.07, 6.45) is -0.453. The summed E-state index contributed by atoms with van der Waals surface area (Å²) in [5, 5.41) is 13.5. The van der Waals surface area contributed by atoms with Crippen LogP contribution in [0.15, 0.2) is 28.7 Å². The van der Waals surface area contributed by atoms with E-state index in [1.165, 1.54) is 0 Å². The zero-order valence-corrected chi connectivity index (χ0v) is 13.3. The molecule has 0 fully saturated rings. The van der Waals surface area contributed by atoms with Gasteiger partial charge in [0.2, 0.25) is 0 Å². The Bertz CT molecular complexity index is 377. The van der Waals surface area contributed by atoms with Crippen molar-refractivity contribution >= 4 is 15.9 Å². The van der Waals surface area contributed by atoms with E-state index in [1.807, 2.05) is 24.3 Å². The topological polar surface area (TPSA) is 32.3 Å². The van der Waals surface area contributed by atoms with Crippen molar-refractivity contribution in [2.45, 2.75) is 33.8 Å². The van der Waals surface area contributed by atoms with Crippen LogP contribution >= 0.6 is 15.9 Å². The van der Waals surface area contributed by atoms with Crippen molar-refractivity contribution in [3.63, 3.8) is 0 Å². The van der Waals surface area contributed by atoms with E-state index in [0.717, 1.165) is 16.6 Å². The number of nitrogens with one attached hydrogen (secondary N) is 1. The third-order valence-corrected chi connectivity index (χ3v) is 4.21. The molecule has 0 heterocycles. The number of aliphatic hydroxyl groups excluding tert-OH is 1. The van der Waals surface area contributed by atoms with E-state index in [2.05, 4.69) is 48.9 Å². The highest BCUT2D eigenvalue weighted by Crippen LogP contribution is 2.25. The molecule has 2 nitrogen and oxygen atoms in total. The van der Waals surface area contributed by atoms with Gasteiger partial charge in [-0.15, -0.1) is 0 Å². The van der Waals surface area contributed by atoms with Crippen molar-refractivity contribution in [3.05, 3.63) is 34.3 Å². The Kier molecular flexibility index (Phi) is 5.83. The lowest BCUT2D eigenvalue weighted by molar-refractivity contribution is 0.160. The number of hydrogen-bond donors (Lipinski definition) is 2. The highest BCUT2D eigenvalue weighted by atomic mass is 79.9.